The summed E-state index contributed by atoms with van der Waals surface area (Å²) >= 11 is 0. The molecule has 1 heterocycles. The predicted octanol–water partition coefficient (Wildman–Crippen LogP) is 2.15. The van der Waals surface area contributed by atoms with Gasteiger partial charge in [0.25, 0.3) is 0 Å². The first-order valence-electron chi connectivity index (χ1n) is 5.55. The molecule has 1 amide bonds. The molecule has 17 heavy (non-hydrogen) atoms. The van der Waals surface area contributed by atoms with Crippen LogP contribution in [0.25, 0.3) is 10.8 Å². The lowest BCUT2D eigenvalue weighted by molar-refractivity contribution is -0.121. The van der Waals surface area contributed by atoms with E-state index in [1.807, 2.05) is 42.5 Å². The summed E-state index contributed by atoms with van der Waals surface area (Å²) in [4.78, 5) is 24.4. The van der Waals surface area contributed by atoms with Gasteiger partial charge >= 0.3 is 0 Å². The van der Waals surface area contributed by atoms with Crippen molar-refractivity contribution in [2.45, 2.75) is 6.42 Å². The van der Waals surface area contributed by atoms with Crippen LogP contribution in [-0.4, -0.2) is 18.2 Å². The Hall–Kier alpha value is -2.16. The molecule has 2 aromatic carbocycles. The summed E-state index contributed by atoms with van der Waals surface area (Å²) in [6.07, 6.45) is 0.0346. The zero-order chi connectivity index (χ0) is 11.8. The molecule has 0 spiro atoms. The molecule has 1 aliphatic rings. The van der Waals surface area contributed by atoms with Gasteiger partial charge in [0.15, 0.2) is 5.78 Å². The molecule has 3 rings (SSSR count). The van der Waals surface area contributed by atoms with E-state index in [2.05, 4.69) is 0 Å². The fourth-order valence-corrected chi connectivity index (χ4v) is 2.16. The maximum atomic E-state index is 11.6. The highest BCUT2D eigenvalue weighted by Crippen LogP contribution is 2.24. The first-order chi connectivity index (χ1) is 8.24. The van der Waals surface area contributed by atoms with Gasteiger partial charge < -0.3 is 4.90 Å². The predicted molar refractivity (Wildman–Crippen MR) is 65.9 cm³/mol. The summed E-state index contributed by atoms with van der Waals surface area (Å²) in [5.41, 5.74) is 0.805. The van der Waals surface area contributed by atoms with Gasteiger partial charge in [0.2, 0.25) is 5.91 Å². The number of carbonyl (C=O) groups excluding carboxylic acids is 2. The molecule has 1 saturated heterocycles. The zero-order valence-electron chi connectivity index (χ0n) is 9.22. The van der Waals surface area contributed by atoms with Gasteiger partial charge in [-0.3, -0.25) is 9.59 Å². The molecule has 0 unspecified atom stereocenters. The monoisotopic (exact) mass is 225 g/mol. The van der Waals surface area contributed by atoms with Gasteiger partial charge in [0.1, 0.15) is 0 Å². The number of fused-ring (bicyclic) bond motifs is 1. The van der Waals surface area contributed by atoms with Crippen LogP contribution in [0.3, 0.4) is 0 Å². The number of rotatable bonds is 1. The second-order valence-corrected chi connectivity index (χ2v) is 4.23. The highest BCUT2D eigenvalue weighted by Gasteiger charge is 2.28. The zero-order valence-corrected chi connectivity index (χ0v) is 9.22. The largest absolute Gasteiger partial charge is 0.305 e. The quantitative estimate of drug-likeness (QED) is 0.697. The van der Waals surface area contributed by atoms with E-state index in [1.165, 1.54) is 0 Å². The lowest BCUT2D eigenvalue weighted by Crippen LogP contribution is -2.24. The maximum Gasteiger partial charge on any atom is 0.234 e. The van der Waals surface area contributed by atoms with Crippen LogP contribution >= 0.6 is 0 Å². The van der Waals surface area contributed by atoms with Crippen LogP contribution in [0.2, 0.25) is 0 Å². The third-order valence-corrected chi connectivity index (χ3v) is 3.03. The van der Waals surface area contributed by atoms with E-state index in [1.54, 1.807) is 4.90 Å². The number of Topliss-reactive ketones (excluding diaryl/α,β-unsaturated/α-hetero) is 1. The van der Waals surface area contributed by atoms with Crippen LogP contribution in [0.15, 0.2) is 42.5 Å². The fraction of sp³-hybridized carbons (Fsp3) is 0.143. The molecular formula is C14H11NO2. The van der Waals surface area contributed by atoms with Crippen molar-refractivity contribution in [1.82, 2.24) is 0 Å². The van der Waals surface area contributed by atoms with Crippen molar-refractivity contribution in [2.75, 3.05) is 11.4 Å². The summed E-state index contributed by atoms with van der Waals surface area (Å²) < 4.78 is 0. The van der Waals surface area contributed by atoms with Crippen LogP contribution in [-0.2, 0) is 9.59 Å². The molecule has 1 aliphatic heterocycles. The van der Waals surface area contributed by atoms with Crippen molar-refractivity contribution < 1.29 is 9.59 Å². The molecule has 0 aromatic heterocycles. The third kappa shape index (κ3) is 1.69. The Bertz CT molecular complexity index is 618. The molecule has 1 fully saturated rings. The average Bonchev–Trinajstić information content (AvgIpc) is 2.68. The van der Waals surface area contributed by atoms with Crippen LogP contribution in [0.5, 0.6) is 0 Å². The van der Waals surface area contributed by atoms with Gasteiger partial charge in [0.05, 0.1) is 13.0 Å². The molecule has 0 atom stereocenters. The Balaban J connectivity index is 2.06. The third-order valence-electron chi connectivity index (χ3n) is 3.03. The van der Waals surface area contributed by atoms with Crippen LogP contribution in [0, 0.1) is 0 Å². The second-order valence-electron chi connectivity index (χ2n) is 4.23. The molecule has 3 nitrogen and oxygen atoms in total. The van der Waals surface area contributed by atoms with Gasteiger partial charge in [-0.05, 0) is 22.9 Å². The van der Waals surface area contributed by atoms with Crippen molar-refractivity contribution in [2.24, 2.45) is 0 Å². The van der Waals surface area contributed by atoms with Crippen molar-refractivity contribution >= 4 is 28.2 Å². The molecule has 3 heteroatoms. The minimum atomic E-state index is -0.106. The van der Waals surface area contributed by atoms with E-state index in [0.29, 0.717) is 0 Å². The number of benzene rings is 2. The molecule has 0 saturated carbocycles. The van der Waals surface area contributed by atoms with Crippen LogP contribution < -0.4 is 4.90 Å². The van der Waals surface area contributed by atoms with E-state index in [9.17, 15) is 9.59 Å². The Morgan fingerprint density at radius 2 is 1.71 bits per heavy atom. The van der Waals surface area contributed by atoms with E-state index in [-0.39, 0.29) is 24.7 Å². The van der Waals surface area contributed by atoms with E-state index < -0.39 is 0 Å². The standard InChI is InChI=1S/C14H11NO2/c16-13-8-14(17)15(9-13)12-6-5-10-3-1-2-4-11(10)7-12/h1-7H,8-9H2. The maximum absolute atomic E-state index is 11.6. The highest BCUT2D eigenvalue weighted by atomic mass is 16.2. The van der Waals surface area contributed by atoms with Crippen molar-refractivity contribution in [3.05, 3.63) is 42.5 Å². The molecule has 0 bridgehead atoms. The van der Waals surface area contributed by atoms with Gasteiger partial charge in [-0.25, -0.2) is 0 Å². The smallest absolute Gasteiger partial charge is 0.234 e. The average molecular weight is 225 g/mol. The Morgan fingerprint density at radius 3 is 2.41 bits per heavy atom. The van der Waals surface area contributed by atoms with Gasteiger partial charge in [-0.1, -0.05) is 30.3 Å². The van der Waals surface area contributed by atoms with Crippen LogP contribution in [0.1, 0.15) is 6.42 Å². The van der Waals surface area contributed by atoms with Gasteiger partial charge in [0, 0.05) is 5.69 Å². The Morgan fingerprint density at radius 1 is 0.941 bits per heavy atom. The summed E-state index contributed by atoms with van der Waals surface area (Å²) in [6, 6.07) is 13.8. The first-order valence-corrected chi connectivity index (χ1v) is 5.55. The molecule has 84 valence electrons. The van der Waals surface area contributed by atoms with Crippen molar-refractivity contribution in [1.29, 1.82) is 0 Å². The molecule has 0 aliphatic carbocycles. The van der Waals surface area contributed by atoms with Gasteiger partial charge in [-0.2, -0.15) is 0 Å². The first kappa shape index (κ1) is 10.0. The van der Waals surface area contributed by atoms with Crippen LogP contribution in [0.4, 0.5) is 5.69 Å². The minimum absolute atomic E-state index is 0.0110. The van der Waals surface area contributed by atoms with E-state index in [4.69, 9.17) is 0 Å². The molecule has 0 N–H and O–H groups in total. The lowest BCUT2D eigenvalue weighted by atomic mass is 10.1. The second kappa shape index (κ2) is 3.70. The number of anilines is 1. The number of carbonyl (C=O) groups is 2. The van der Waals surface area contributed by atoms with E-state index in [0.717, 1.165) is 16.5 Å². The number of ketones is 1. The summed E-state index contributed by atoms with van der Waals surface area (Å²) in [5.74, 6) is -0.117. The summed E-state index contributed by atoms with van der Waals surface area (Å²) in [7, 11) is 0. The van der Waals surface area contributed by atoms with Crippen molar-refractivity contribution in [3.63, 3.8) is 0 Å². The summed E-state index contributed by atoms with van der Waals surface area (Å²) in [6.45, 7) is 0.206. The Kier molecular flexibility index (Phi) is 2.18. The normalized spacial score (nSPS) is 15.9. The van der Waals surface area contributed by atoms with E-state index >= 15 is 0 Å². The minimum Gasteiger partial charge on any atom is -0.305 e. The number of hydrogen-bond acceptors (Lipinski definition) is 2. The van der Waals surface area contributed by atoms with Gasteiger partial charge in [-0.15, -0.1) is 0 Å². The fourth-order valence-electron chi connectivity index (χ4n) is 2.16. The Labute approximate surface area is 98.6 Å². The molecule has 0 radical (unpaired) electrons. The molecule has 2 aromatic rings. The SMILES string of the molecule is O=C1CC(=O)N(c2ccc3ccccc3c2)C1. The topological polar surface area (TPSA) is 37.4 Å². The highest BCUT2D eigenvalue weighted by molar-refractivity contribution is 6.15. The number of hydrogen-bond donors (Lipinski definition) is 0. The number of amides is 1. The van der Waals surface area contributed by atoms with Crippen molar-refractivity contribution in [3.8, 4) is 0 Å². The summed E-state index contributed by atoms with van der Waals surface area (Å²) in [5, 5.41) is 2.21. The number of nitrogens with zero attached hydrogens (tertiary/aromatic N) is 1. The molecular weight excluding hydrogens is 214 g/mol. The lowest BCUT2D eigenvalue weighted by Gasteiger charge is -2.15.